The smallest absolute Gasteiger partial charge is 0.317 e. The van der Waals surface area contributed by atoms with Gasteiger partial charge in [-0.05, 0) is 20.3 Å². The molecule has 2 rings (SSSR count). The number of piperazine rings is 1. The number of hydrogen-bond acceptors (Lipinski definition) is 5. The second kappa shape index (κ2) is 5.83. The molecule has 1 saturated heterocycles. The van der Waals surface area contributed by atoms with Gasteiger partial charge in [-0.3, -0.25) is 0 Å². The minimum atomic E-state index is -0.0252. The highest BCUT2D eigenvalue weighted by atomic mass is 32.1. The van der Waals surface area contributed by atoms with E-state index in [1.807, 2.05) is 11.8 Å². The van der Waals surface area contributed by atoms with Crippen LogP contribution >= 0.6 is 11.3 Å². The average molecular weight is 283 g/mol. The minimum absolute atomic E-state index is 0.0201. The minimum Gasteiger partial charge on any atom is -0.331 e. The van der Waals surface area contributed by atoms with Crippen molar-refractivity contribution in [1.29, 1.82) is 0 Å². The summed E-state index contributed by atoms with van der Waals surface area (Å²) in [5, 5.41) is 16.3. The number of amides is 2. The first kappa shape index (κ1) is 14.2. The number of nitrogens with zero attached hydrogens (tertiary/aromatic N) is 3. The van der Waals surface area contributed by atoms with E-state index in [1.165, 1.54) is 0 Å². The summed E-state index contributed by atoms with van der Waals surface area (Å²) in [6.45, 7) is 9.00. The molecule has 0 saturated carbocycles. The van der Waals surface area contributed by atoms with Gasteiger partial charge in [0.15, 0.2) is 0 Å². The molecule has 7 heteroatoms. The van der Waals surface area contributed by atoms with Gasteiger partial charge in [-0.25, -0.2) is 4.79 Å². The summed E-state index contributed by atoms with van der Waals surface area (Å²) in [7, 11) is 0. The van der Waals surface area contributed by atoms with Crippen LogP contribution in [-0.2, 0) is 13.0 Å². The zero-order valence-corrected chi connectivity index (χ0v) is 12.5. The van der Waals surface area contributed by atoms with E-state index >= 15 is 0 Å². The van der Waals surface area contributed by atoms with Gasteiger partial charge in [0.25, 0.3) is 0 Å². The van der Waals surface area contributed by atoms with Crippen LogP contribution in [0.15, 0.2) is 0 Å². The molecule has 0 radical (unpaired) electrons. The lowest BCUT2D eigenvalue weighted by Crippen LogP contribution is -2.59. The highest BCUT2D eigenvalue weighted by Gasteiger charge is 2.28. The number of rotatable bonds is 3. The van der Waals surface area contributed by atoms with Gasteiger partial charge in [0, 0.05) is 25.2 Å². The molecule has 1 aliphatic rings. The van der Waals surface area contributed by atoms with Gasteiger partial charge < -0.3 is 15.5 Å². The van der Waals surface area contributed by atoms with Crippen molar-refractivity contribution in [3.8, 4) is 0 Å². The van der Waals surface area contributed by atoms with Gasteiger partial charge in [0.05, 0.1) is 6.54 Å². The Bertz CT molecular complexity index is 445. The summed E-state index contributed by atoms with van der Waals surface area (Å²) in [5.41, 5.74) is -0.0201. The summed E-state index contributed by atoms with van der Waals surface area (Å²) in [6.07, 6.45) is 0.887. The fraction of sp³-hybridized carbons (Fsp3) is 0.750. The highest BCUT2D eigenvalue weighted by molar-refractivity contribution is 7.11. The van der Waals surface area contributed by atoms with Gasteiger partial charge in [-0.15, -0.1) is 10.2 Å². The maximum absolute atomic E-state index is 12.1. The second-order valence-electron chi connectivity index (χ2n) is 5.33. The van der Waals surface area contributed by atoms with Crippen LogP contribution in [0.3, 0.4) is 0 Å². The van der Waals surface area contributed by atoms with E-state index in [0.29, 0.717) is 6.54 Å². The number of aryl methyl sites for hydroxylation is 1. The summed E-state index contributed by atoms with van der Waals surface area (Å²) >= 11 is 1.55. The van der Waals surface area contributed by atoms with E-state index in [2.05, 4.69) is 34.7 Å². The van der Waals surface area contributed by atoms with Crippen LogP contribution < -0.4 is 10.6 Å². The topological polar surface area (TPSA) is 70.2 Å². The SMILES string of the molecule is CCc1nnc(CNC(=O)N2CCNC(C)(C)C2)s1. The van der Waals surface area contributed by atoms with Crippen LogP contribution in [0, 0.1) is 0 Å². The lowest BCUT2D eigenvalue weighted by atomic mass is 10.0. The predicted molar refractivity (Wildman–Crippen MR) is 75.2 cm³/mol. The van der Waals surface area contributed by atoms with Crippen molar-refractivity contribution in [1.82, 2.24) is 25.7 Å². The van der Waals surface area contributed by atoms with Gasteiger partial charge >= 0.3 is 6.03 Å². The number of aromatic nitrogens is 2. The lowest BCUT2D eigenvalue weighted by molar-refractivity contribution is 0.154. The predicted octanol–water partition coefficient (Wildman–Crippen LogP) is 0.994. The van der Waals surface area contributed by atoms with E-state index in [0.717, 1.165) is 36.1 Å². The molecule has 6 nitrogen and oxygen atoms in total. The Kier molecular flexibility index (Phi) is 4.36. The third-order valence-corrected chi connectivity index (χ3v) is 4.13. The van der Waals surface area contributed by atoms with Crippen LogP contribution in [0.5, 0.6) is 0 Å². The largest absolute Gasteiger partial charge is 0.331 e. The molecule has 2 N–H and O–H groups in total. The molecule has 106 valence electrons. The van der Waals surface area contributed by atoms with Crippen molar-refractivity contribution >= 4 is 17.4 Å². The van der Waals surface area contributed by atoms with Crippen molar-refractivity contribution in [3.63, 3.8) is 0 Å². The van der Waals surface area contributed by atoms with E-state index < -0.39 is 0 Å². The van der Waals surface area contributed by atoms with Crippen LogP contribution in [0.2, 0.25) is 0 Å². The van der Waals surface area contributed by atoms with Crippen molar-refractivity contribution in [2.75, 3.05) is 19.6 Å². The number of urea groups is 1. The molecule has 0 spiro atoms. The number of nitrogens with one attached hydrogen (secondary N) is 2. The van der Waals surface area contributed by atoms with Gasteiger partial charge in [0.1, 0.15) is 10.0 Å². The van der Waals surface area contributed by atoms with E-state index in [1.54, 1.807) is 11.3 Å². The molecule has 0 atom stereocenters. The molecule has 1 aliphatic heterocycles. The highest BCUT2D eigenvalue weighted by Crippen LogP contribution is 2.12. The van der Waals surface area contributed by atoms with Crippen LogP contribution in [0.25, 0.3) is 0 Å². The molecule has 0 aliphatic carbocycles. The first-order valence-corrected chi connectivity index (χ1v) is 7.41. The fourth-order valence-electron chi connectivity index (χ4n) is 2.08. The Balaban J connectivity index is 1.84. The number of hydrogen-bond donors (Lipinski definition) is 2. The molecule has 2 amide bonds. The molecular weight excluding hydrogens is 262 g/mol. The zero-order valence-electron chi connectivity index (χ0n) is 11.7. The lowest BCUT2D eigenvalue weighted by Gasteiger charge is -2.38. The zero-order chi connectivity index (χ0) is 13.9. The molecule has 1 aromatic rings. The molecule has 2 heterocycles. The Morgan fingerprint density at radius 2 is 2.21 bits per heavy atom. The Hall–Kier alpha value is -1.21. The van der Waals surface area contributed by atoms with Gasteiger partial charge in [0.2, 0.25) is 0 Å². The maximum atomic E-state index is 12.1. The van der Waals surface area contributed by atoms with E-state index in [-0.39, 0.29) is 11.6 Å². The summed E-state index contributed by atoms with van der Waals surface area (Å²) < 4.78 is 0. The van der Waals surface area contributed by atoms with Gasteiger partial charge in [-0.1, -0.05) is 18.3 Å². The van der Waals surface area contributed by atoms with Crippen molar-refractivity contribution in [2.24, 2.45) is 0 Å². The number of carbonyl (C=O) groups is 1. The Labute approximate surface area is 117 Å². The Morgan fingerprint density at radius 3 is 2.84 bits per heavy atom. The molecule has 0 aromatic carbocycles. The standard InChI is InChI=1S/C12H21N5OS/c1-4-9-15-16-10(19-9)7-13-11(18)17-6-5-14-12(2,3)8-17/h14H,4-8H2,1-3H3,(H,13,18). The first-order chi connectivity index (χ1) is 9.00. The summed E-state index contributed by atoms with van der Waals surface area (Å²) in [6, 6.07) is -0.0252. The Morgan fingerprint density at radius 1 is 1.47 bits per heavy atom. The normalized spacial score (nSPS) is 18.4. The third-order valence-electron chi connectivity index (χ3n) is 3.06. The van der Waals surface area contributed by atoms with Crippen LogP contribution in [0.4, 0.5) is 4.79 Å². The van der Waals surface area contributed by atoms with Gasteiger partial charge in [-0.2, -0.15) is 0 Å². The summed E-state index contributed by atoms with van der Waals surface area (Å²) in [4.78, 5) is 13.9. The molecule has 19 heavy (non-hydrogen) atoms. The quantitative estimate of drug-likeness (QED) is 0.868. The molecule has 1 fully saturated rings. The van der Waals surface area contributed by atoms with Crippen molar-refractivity contribution in [3.05, 3.63) is 10.0 Å². The molecule has 0 unspecified atom stereocenters. The number of carbonyl (C=O) groups excluding carboxylic acids is 1. The monoisotopic (exact) mass is 283 g/mol. The fourth-order valence-corrected chi connectivity index (χ4v) is 2.80. The van der Waals surface area contributed by atoms with E-state index in [4.69, 9.17) is 0 Å². The van der Waals surface area contributed by atoms with Crippen molar-refractivity contribution < 1.29 is 4.79 Å². The molecular formula is C12H21N5OS. The maximum Gasteiger partial charge on any atom is 0.317 e. The van der Waals surface area contributed by atoms with Crippen molar-refractivity contribution in [2.45, 2.75) is 39.3 Å². The van der Waals surface area contributed by atoms with Crippen LogP contribution in [0.1, 0.15) is 30.8 Å². The first-order valence-electron chi connectivity index (χ1n) is 6.59. The third kappa shape index (κ3) is 3.87. The van der Waals surface area contributed by atoms with E-state index in [9.17, 15) is 4.79 Å². The molecule has 1 aromatic heterocycles. The summed E-state index contributed by atoms with van der Waals surface area (Å²) in [5.74, 6) is 0. The molecule has 0 bridgehead atoms. The average Bonchev–Trinajstić information content (AvgIpc) is 2.82. The van der Waals surface area contributed by atoms with Crippen LogP contribution in [-0.4, -0.2) is 46.3 Å². The second-order valence-corrected chi connectivity index (χ2v) is 6.48.